The Labute approximate surface area is 222 Å². The summed E-state index contributed by atoms with van der Waals surface area (Å²) < 4.78 is 11.2. The van der Waals surface area contributed by atoms with E-state index < -0.39 is 5.60 Å². The molecule has 37 heavy (non-hydrogen) atoms. The lowest BCUT2D eigenvalue weighted by atomic mass is 9.47. The van der Waals surface area contributed by atoms with Crippen LogP contribution in [0, 0.1) is 28.6 Å². The number of esters is 2. The van der Waals surface area contributed by atoms with Gasteiger partial charge in [0.1, 0.15) is 11.7 Å². The van der Waals surface area contributed by atoms with Crippen molar-refractivity contribution in [1.29, 1.82) is 0 Å². The van der Waals surface area contributed by atoms with Gasteiger partial charge in [-0.25, -0.2) is 0 Å². The Kier molecular flexibility index (Phi) is 6.87. The van der Waals surface area contributed by atoms with Crippen molar-refractivity contribution in [2.45, 2.75) is 104 Å². The minimum absolute atomic E-state index is 0.0716. The predicted molar refractivity (Wildman–Crippen MR) is 144 cm³/mol. The molecule has 4 aliphatic carbocycles. The van der Waals surface area contributed by atoms with Crippen LogP contribution in [0.1, 0.15) is 98.0 Å². The zero-order valence-electron chi connectivity index (χ0n) is 23.2. The highest BCUT2D eigenvalue weighted by molar-refractivity contribution is 5.78. The lowest BCUT2D eigenvalue weighted by molar-refractivity contribution is -0.160. The van der Waals surface area contributed by atoms with E-state index in [0.717, 1.165) is 25.7 Å². The van der Waals surface area contributed by atoms with Crippen LogP contribution in [0.4, 0.5) is 0 Å². The van der Waals surface area contributed by atoms with Crippen molar-refractivity contribution in [1.82, 2.24) is 4.98 Å². The molecule has 0 unspecified atom stereocenters. The standard InChI is InChI=1S/C32H43NO4/c1-30(2,3)37-29(35)13-12-28(34)36-23-14-16-31(4)22(19-23)8-9-24-26-11-10-25(21-7-6-18-33-20-21)32(26,5)17-15-27(24)31/h6-8,10,18,20,23-24,26-27H,9,11-17,19H2,1-5H3/t23-,24-,26-,27-,31-,32+/m0/s1. The summed E-state index contributed by atoms with van der Waals surface area (Å²) in [6.45, 7) is 10.5. The van der Waals surface area contributed by atoms with Crippen molar-refractivity contribution in [3.63, 3.8) is 0 Å². The summed E-state index contributed by atoms with van der Waals surface area (Å²) in [5.41, 5.74) is 4.18. The van der Waals surface area contributed by atoms with Gasteiger partial charge in [-0.3, -0.25) is 14.6 Å². The number of hydrogen-bond donors (Lipinski definition) is 0. The van der Waals surface area contributed by atoms with E-state index >= 15 is 0 Å². The maximum absolute atomic E-state index is 12.5. The van der Waals surface area contributed by atoms with Crippen molar-refractivity contribution >= 4 is 17.5 Å². The van der Waals surface area contributed by atoms with Crippen LogP contribution in [0.15, 0.2) is 42.3 Å². The van der Waals surface area contributed by atoms with Gasteiger partial charge in [0.25, 0.3) is 0 Å². The summed E-state index contributed by atoms with van der Waals surface area (Å²) in [5.74, 6) is 1.43. The minimum atomic E-state index is -0.536. The van der Waals surface area contributed by atoms with E-state index in [1.807, 2.05) is 33.2 Å². The van der Waals surface area contributed by atoms with Crippen LogP contribution in [0.2, 0.25) is 0 Å². The van der Waals surface area contributed by atoms with Crippen LogP contribution >= 0.6 is 0 Å². The third-order valence-corrected chi connectivity index (χ3v) is 9.86. The van der Waals surface area contributed by atoms with Gasteiger partial charge in [-0.15, -0.1) is 0 Å². The molecular weight excluding hydrogens is 462 g/mol. The fourth-order valence-corrected chi connectivity index (χ4v) is 8.11. The maximum atomic E-state index is 12.5. The van der Waals surface area contributed by atoms with Gasteiger partial charge in [0.05, 0.1) is 12.8 Å². The number of rotatable bonds is 5. The van der Waals surface area contributed by atoms with Crippen molar-refractivity contribution in [3.8, 4) is 0 Å². The van der Waals surface area contributed by atoms with Crippen molar-refractivity contribution in [2.75, 3.05) is 0 Å². The van der Waals surface area contributed by atoms with E-state index in [-0.39, 0.29) is 41.7 Å². The molecule has 0 aliphatic heterocycles. The number of hydrogen-bond acceptors (Lipinski definition) is 5. The van der Waals surface area contributed by atoms with Crippen molar-refractivity contribution < 1.29 is 19.1 Å². The molecule has 1 aromatic heterocycles. The lowest BCUT2D eigenvalue weighted by Crippen LogP contribution is -2.50. The van der Waals surface area contributed by atoms with E-state index in [4.69, 9.17) is 9.47 Å². The van der Waals surface area contributed by atoms with Gasteiger partial charge in [-0.2, -0.15) is 0 Å². The molecule has 5 heteroatoms. The van der Waals surface area contributed by atoms with E-state index in [9.17, 15) is 9.59 Å². The highest BCUT2D eigenvalue weighted by Gasteiger charge is 2.57. The number of allylic oxidation sites excluding steroid dienone is 3. The highest BCUT2D eigenvalue weighted by Crippen LogP contribution is 2.66. The topological polar surface area (TPSA) is 65.5 Å². The Morgan fingerprint density at radius 3 is 2.49 bits per heavy atom. The number of fused-ring (bicyclic) bond motifs is 5. The molecule has 0 radical (unpaired) electrons. The largest absolute Gasteiger partial charge is 0.462 e. The number of aromatic nitrogens is 1. The summed E-state index contributed by atoms with van der Waals surface area (Å²) in [6.07, 6.45) is 16.5. The summed E-state index contributed by atoms with van der Waals surface area (Å²) in [4.78, 5) is 28.9. The molecule has 5 rings (SSSR count). The van der Waals surface area contributed by atoms with Crippen molar-refractivity contribution in [3.05, 3.63) is 47.8 Å². The first-order valence-corrected chi connectivity index (χ1v) is 14.2. The fourth-order valence-electron chi connectivity index (χ4n) is 8.11. The Balaban J connectivity index is 1.22. The molecule has 1 heterocycles. The van der Waals surface area contributed by atoms with Crippen LogP contribution in [-0.2, 0) is 19.1 Å². The molecule has 200 valence electrons. The van der Waals surface area contributed by atoms with Gasteiger partial charge in [0.15, 0.2) is 0 Å². The first-order valence-electron chi connectivity index (χ1n) is 14.2. The SMILES string of the molecule is CC(C)(C)OC(=O)CCC(=O)O[C@H]1CC[C@@]2(C)C(=CC[C@@H]3[C@@H]2CC[C@]2(C)C(c4cccnc4)=CC[C@@H]32)C1. The van der Waals surface area contributed by atoms with Gasteiger partial charge in [-0.05, 0) is 105 Å². The van der Waals surface area contributed by atoms with Crippen LogP contribution < -0.4 is 0 Å². The van der Waals surface area contributed by atoms with Gasteiger partial charge in [0, 0.05) is 18.8 Å². The van der Waals surface area contributed by atoms with Crippen molar-refractivity contribution in [2.24, 2.45) is 28.6 Å². The molecule has 0 saturated heterocycles. The van der Waals surface area contributed by atoms with E-state index in [2.05, 4.69) is 43.1 Å². The summed E-state index contributed by atoms with van der Waals surface area (Å²) in [5, 5.41) is 0. The lowest BCUT2D eigenvalue weighted by Gasteiger charge is -2.57. The fraction of sp³-hybridized carbons (Fsp3) is 0.656. The molecule has 6 atom stereocenters. The molecule has 2 fully saturated rings. The molecule has 0 aromatic carbocycles. The summed E-state index contributed by atoms with van der Waals surface area (Å²) >= 11 is 0. The van der Waals surface area contributed by atoms with E-state index in [1.165, 1.54) is 36.0 Å². The Bertz CT molecular complexity index is 1100. The monoisotopic (exact) mass is 505 g/mol. The normalized spacial score (nSPS) is 34.8. The number of carbonyl (C=O) groups is 2. The first kappa shape index (κ1) is 26.2. The molecule has 0 N–H and O–H groups in total. The average Bonchev–Trinajstić information content (AvgIpc) is 3.20. The first-order chi connectivity index (χ1) is 17.5. The molecule has 1 aromatic rings. The number of pyridine rings is 1. The average molecular weight is 506 g/mol. The van der Waals surface area contributed by atoms with Crippen LogP contribution in [0.5, 0.6) is 0 Å². The maximum Gasteiger partial charge on any atom is 0.306 e. The molecule has 2 saturated carbocycles. The molecule has 5 nitrogen and oxygen atoms in total. The Morgan fingerprint density at radius 2 is 1.76 bits per heavy atom. The van der Waals surface area contributed by atoms with Crippen LogP contribution in [-0.4, -0.2) is 28.6 Å². The highest BCUT2D eigenvalue weighted by atomic mass is 16.6. The molecule has 0 bridgehead atoms. The van der Waals surface area contributed by atoms with Crippen LogP contribution in [0.3, 0.4) is 0 Å². The predicted octanol–water partition coefficient (Wildman–Crippen LogP) is 7.07. The molecule has 0 amide bonds. The third kappa shape index (κ3) is 5.03. The van der Waals surface area contributed by atoms with Gasteiger partial charge in [-0.1, -0.05) is 37.6 Å². The number of carbonyl (C=O) groups excluding carboxylic acids is 2. The number of nitrogens with zero attached hydrogens (tertiary/aromatic N) is 1. The van der Waals surface area contributed by atoms with Gasteiger partial charge in [0.2, 0.25) is 0 Å². The van der Waals surface area contributed by atoms with E-state index in [0.29, 0.717) is 17.8 Å². The molecule has 0 spiro atoms. The second kappa shape index (κ2) is 9.71. The quantitative estimate of drug-likeness (QED) is 0.316. The van der Waals surface area contributed by atoms with Gasteiger partial charge >= 0.3 is 11.9 Å². The molecule has 4 aliphatic rings. The zero-order chi connectivity index (χ0) is 26.4. The third-order valence-electron chi connectivity index (χ3n) is 9.86. The second-order valence-corrected chi connectivity index (χ2v) is 13.3. The smallest absolute Gasteiger partial charge is 0.306 e. The van der Waals surface area contributed by atoms with Gasteiger partial charge < -0.3 is 9.47 Å². The molecular formula is C32H43NO4. The Morgan fingerprint density at radius 1 is 1.00 bits per heavy atom. The number of ether oxygens (including phenoxy) is 2. The summed E-state index contributed by atoms with van der Waals surface area (Å²) in [6, 6.07) is 4.27. The second-order valence-electron chi connectivity index (χ2n) is 13.3. The van der Waals surface area contributed by atoms with Crippen LogP contribution in [0.25, 0.3) is 5.57 Å². The Hall–Kier alpha value is -2.43. The van der Waals surface area contributed by atoms with E-state index in [1.54, 1.807) is 0 Å². The summed E-state index contributed by atoms with van der Waals surface area (Å²) in [7, 11) is 0. The minimum Gasteiger partial charge on any atom is -0.462 e. The zero-order valence-corrected chi connectivity index (χ0v) is 23.2.